The molecule has 0 fully saturated rings. The normalized spacial score (nSPS) is 11.9. The maximum absolute atomic E-state index is 11.6. The molecule has 0 aliphatic rings. The van der Waals surface area contributed by atoms with E-state index >= 15 is 0 Å². The van der Waals surface area contributed by atoms with Crippen molar-refractivity contribution in [2.24, 2.45) is 5.73 Å². The zero-order chi connectivity index (χ0) is 13.7. The molecular weight excluding hydrogens is 279 g/mol. The summed E-state index contributed by atoms with van der Waals surface area (Å²) >= 11 is 11.6. The third-order valence-corrected chi connectivity index (χ3v) is 2.74. The Morgan fingerprint density at radius 2 is 2.06 bits per heavy atom. The van der Waals surface area contributed by atoms with Crippen molar-refractivity contribution in [2.45, 2.75) is 18.9 Å². The van der Waals surface area contributed by atoms with Gasteiger partial charge in [0.1, 0.15) is 0 Å². The van der Waals surface area contributed by atoms with E-state index in [1.807, 2.05) is 0 Å². The molecule has 0 saturated carbocycles. The van der Waals surface area contributed by atoms with Crippen LogP contribution >= 0.6 is 23.2 Å². The van der Waals surface area contributed by atoms with Gasteiger partial charge < -0.3 is 16.2 Å². The molecule has 1 aromatic rings. The van der Waals surface area contributed by atoms with Crippen molar-refractivity contribution in [3.05, 3.63) is 28.2 Å². The molecule has 0 spiro atoms. The summed E-state index contributed by atoms with van der Waals surface area (Å²) in [5.74, 6) is -1.48. The van der Waals surface area contributed by atoms with E-state index in [9.17, 15) is 9.59 Å². The molecule has 0 radical (unpaired) electrons. The van der Waals surface area contributed by atoms with E-state index in [2.05, 4.69) is 5.32 Å². The predicted octanol–water partition coefficient (Wildman–Crippen LogP) is 2.12. The molecule has 0 bridgehead atoms. The van der Waals surface area contributed by atoms with Crippen LogP contribution in [-0.2, 0) is 9.59 Å². The Morgan fingerprint density at radius 3 is 2.61 bits per heavy atom. The molecule has 1 rings (SSSR count). The van der Waals surface area contributed by atoms with Gasteiger partial charge in [0.15, 0.2) is 0 Å². The largest absolute Gasteiger partial charge is 0.481 e. The standard InChI is InChI=1S/C11H12Cl2N2O3/c12-6-1-3-9(7(13)5-6)15-11(18)8(14)2-4-10(16)17/h1,3,5,8H,2,4,14H2,(H,15,18)(H,16,17). The number of aliphatic carboxylic acids is 1. The fourth-order valence-electron chi connectivity index (χ4n) is 1.23. The number of hydrogen-bond donors (Lipinski definition) is 3. The van der Waals surface area contributed by atoms with Crippen LogP contribution in [0, 0.1) is 0 Å². The quantitative estimate of drug-likeness (QED) is 0.774. The van der Waals surface area contributed by atoms with E-state index in [1.54, 1.807) is 12.1 Å². The topological polar surface area (TPSA) is 92.4 Å². The van der Waals surface area contributed by atoms with Gasteiger partial charge >= 0.3 is 5.97 Å². The fourth-order valence-corrected chi connectivity index (χ4v) is 1.68. The van der Waals surface area contributed by atoms with Crippen LogP contribution in [0.5, 0.6) is 0 Å². The van der Waals surface area contributed by atoms with Gasteiger partial charge in [-0.1, -0.05) is 23.2 Å². The van der Waals surface area contributed by atoms with Crippen molar-refractivity contribution in [1.29, 1.82) is 0 Å². The fraction of sp³-hybridized carbons (Fsp3) is 0.273. The van der Waals surface area contributed by atoms with Crippen molar-refractivity contribution < 1.29 is 14.7 Å². The lowest BCUT2D eigenvalue weighted by molar-refractivity contribution is -0.137. The van der Waals surface area contributed by atoms with E-state index < -0.39 is 17.9 Å². The highest BCUT2D eigenvalue weighted by molar-refractivity contribution is 6.36. The van der Waals surface area contributed by atoms with Crippen LogP contribution in [0.3, 0.4) is 0 Å². The van der Waals surface area contributed by atoms with E-state index in [0.29, 0.717) is 15.7 Å². The number of carboxylic acid groups (broad SMARTS) is 1. The van der Waals surface area contributed by atoms with E-state index in [0.717, 1.165) is 0 Å². The van der Waals surface area contributed by atoms with Crippen molar-refractivity contribution >= 4 is 40.8 Å². The Balaban J connectivity index is 2.61. The minimum absolute atomic E-state index is 0.0619. The Bertz CT molecular complexity index is 466. The van der Waals surface area contributed by atoms with Gasteiger partial charge in [-0.25, -0.2) is 0 Å². The maximum Gasteiger partial charge on any atom is 0.303 e. The highest BCUT2D eigenvalue weighted by Gasteiger charge is 2.16. The van der Waals surface area contributed by atoms with E-state index in [4.69, 9.17) is 34.0 Å². The number of benzene rings is 1. The van der Waals surface area contributed by atoms with Crippen molar-refractivity contribution in [3.8, 4) is 0 Å². The van der Waals surface area contributed by atoms with Gasteiger partial charge in [0.2, 0.25) is 5.91 Å². The molecule has 5 nitrogen and oxygen atoms in total. The number of carbonyl (C=O) groups is 2. The van der Waals surface area contributed by atoms with Gasteiger partial charge in [0.25, 0.3) is 0 Å². The molecule has 0 aliphatic heterocycles. The molecule has 1 amide bonds. The molecule has 4 N–H and O–H groups in total. The van der Waals surface area contributed by atoms with Gasteiger partial charge in [0.05, 0.1) is 16.8 Å². The minimum Gasteiger partial charge on any atom is -0.481 e. The Labute approximate surface area is 114 Å². The van der Waals surface area contributed by atoms with Gasteiger partial charge in [-0.2, -0.15) is 0 Å². The molecule has 1 aromatic carbocycles. The summed E-state index contributed by atoms with van der Waals surface area (Å²) in [4.78, 5) is 22.0. The average Bonchev–Trinajstić information content (AvgIpc) is 2.29. The second-order valence-corrected chi connectivity index (χ2v) is 4.50. The molecule has 0 aliphatic carbocycles. The predicted molar refractivity (Wildman–Crippen MR) is 69.9 cm³/mol. The molecule has 1 atom stereocenters. The highest BCUT2D eigenvalue weighted by Crippen LogP contribution is 2.25. The minimum atomic E-state index is -0.997. The van der Waals surface area contributed by atoms with Crippen LogP contribution in [0.15, 0.2) is 18.2 Å². The molecule has 98 valence electrons. The summed E-state index contributed by atoms with van der Waals surface area (Å²) in [7, 11) is 0. The Hall–Kier alpha value is -1.30. The van der Waals surface area contributed by atoms with Crippen LogP contribution in [0.2, 0.25) is 10.0 Å². The van der Waals surface area contributed by atoms with Gasteiger partial charge in [-0.05, 0) is 24.6 Å². The monoisotopic (exact) mass is 290 g/mol. The molecule has 0 aromatic heterocycles. The SMILES string of the molecule is NC(CCC(=O)O)C(=O)Nc1ccc(Cl)cc1Cl. The van der Waals surface area contributed by atoms with Crippen molar-refractivity contribution in [3.63, 3.8) is 0 Å². The van der Waals surface area contributed by atoms with E-state index in [1.165, 1.54) is 6.07 Å². The van der Waals surface area contributed by atoms with Crippen LogP contribution in [-0.4, -0.2) is 23.0 Å². The first kappa shape index (κ1) is 14.8. The molecule has 1 unspecified atom stereocenters. The van der Waals surface area contributed by atoms with Crippen molar-refractivity contribution in [2.75, 3.05) is 5.32 Å². The molecule has 0 saturated heterocycles. The Kier molecular flexibility index (Phi) is 5.40. The molecule has 18 heavy (non-hydrogen) atoms. The highest BCUT2D eigenvalue weighted by atomic mass is 35.5. The molecular formula is C11H12Cl2N2O3. The summed E-state index contributed by atoms with van der Waals surface area (Å²) in [5, 5.41) is 11.7. The van der Waals surface area contributed by atoms with Crippen LogP contribution in [0.4, 0.5) is 5.69 Å². The number of hydrogen-bond acceptors (Lipinski definition) is 3. The molecule has 0 heterocycles. The number of carbonyl (C=O) groups excluding carboxylic acids is 1. The van der Waals surface area contributed by atoms with Gasteiger partial charge in [-0.15, -0.1) is 0 Å². The third-order valence-electron chi connectivity index (χ3n) is 2.19. The summed E-state index contributed by atoms with van der Waals surface area (Å²) in [5.41, 5.74) is 5.93. The number of nitrogens with two attached hydrogens (primary N) is 1. The van der Waals surface area contributed by atoms with Crippen LogP contribution in [0.1, 0.15) is 12.8 Å². The zero-order valence-electron chi connectivity index (χ0n) is 9.32. The second-order valence-electron chi connectivity index (χ2n) is 3.65. The lowest BCUT2D eigenvalue weighted by Crippen LogP contribution is -2.36. The number of amides is 1. The maximum atomic E-state index is 11.6. The summed E-state index contributed by atoms with van der Waals surface area (Å²) in [6.45, 7) is 0. The van der Waals surface area contributed by atoms with Crippen molar-refractivity contribution in [1.82, 2.24) is 0 Å². The smallest absolute Gasteiger partial charge is 0.303 e. The third kappa shape index (κ3) is 4.52. The van der Waals surface area contributed by atoms with E-state index in [-0.39, 0.29) is 12.8 Å². The number of halogens is 2. The first-order chi connectivity index (χ1) is 8.40. The number of rotatable bonds is 5. The lowest BCUT2D eigenvalue weighted by atomic mass is 10.1. The number of anilines is 1. The lowest BCUT2D eigenvalue weighted by Gasteiger charge is -2.12. The first-order valence-electron chi connectivity index (χ1n) is 5.13. The van der Waals surface area contributed by atoms with Crippen LogP contribution in [0.25, 0.3) is 0 Å². The number of nitrogens with one attached hydrogen (secondary N) is 1. The second kappa shape index (κ2) is 6.58. The Morgan fingerprint density at radius 1 is 1.39 bits per heavy atom. The zero-order valence-corrected chi connectivity index (χ0v) is 10.8. The summed E-state index contributed by atoms with van der Waals surface area (Å²) in [6, 6.07) is 3.72. The first-order valence-corrected chi connectivity index (χ1v) is 5.89. The molecule has 7 heteroatoms. The van der Waals surface area contributed by atoms with Gasteiger partial charge in [-0.3, -0.25) is 9.59 Å². The van der Waals surface area contributed by atoms with Gasteiger partial charge in [0, 0.05) is 11.4 Å². The number of carboxylic acids is 1. The summed E-state index contributed by atoms with van der Waals surface area (Å²) < 4.78 is 0. The van der Waals surface area contributed by atoms with Crippen LogP contribution < -0.4 is 11.1 Å². The summed E-state index contributed by atoms with van der Waals surface area (Å²) in [6.07, 6.45) is -0.102. The average molecular weight is 291 g/mol.